The molecule has 0 saturated heterocycles. The van der Waals surface area contributed by atoms with Crippen molar-refractivity contribution in [3.63, 3.8) is 0 Å². The fraction of sp³-hybridized carbons (Fsp3) is 0.333. The van der Waals surface area contributed by atoms with E-state index < -0.39 is 0 Å². The third-order valence-electron chi connectivity index (χ3n) is 3.59. The summed E-state index contributed by atoms with van der Waals surface area (Å²) in [6.45, 7) is 5.22. The second-order valence-corrected chi connectivity index (χ2v) is 6.26. The predicted octanol–water partition coefficient (Wildman–Crippen LogP) is 5.18. The Morgan fingerprint density at radius 3 is 2.71 bits per heavy atom. The minimum atomic E-state index is -0.173. The molecule has 1 nitrogen and oxygen atoms in total. The highest BCUT2D eigenvalue weighted by atomic mass is 79.9. The number of halogens is 2. The first-order valence-corrected chi connectivity index (χ1v) is 8.13. The number of aryl methyl sites for hydroxylation is 1. The molecule has 3 heteroatoms. The fourth-order valence-corrected chi connectivity index (χ4v) is 2.88. The van der Waals surface area contributed by atoms with Crippen LogP contribution in [0.3, 0.4) is 0 Å². The van der Waals surface area contributed by atoms with Crippen LogP contribution in [0.4, 0.5) is 4.39 Å². The average molecular weight is 350 g/mol. The monoisotopic (exact) mass is 349 g/mol. The summed E-state index contributed by atoms with van der Waals surface area (Å²) in [6, 6.07) is 13.4. The van der Waals surface area contributed by atoms with Gasteiger partial charge in [0.1, 0.15) is 5.82 Å². The summed E-state index contributed by atoms with van der Waals surface area (Å²) in [4.78, 5) is 0. The quantitative estimate of drug-likeness (QED) is 0.757. The van der Waals surface area contributed by atoms with Crippen LogP contribution in [0.2, 0.25) is 0 Å². The first kappa shape index (κ1) is 16.2. The summed E-state index contributed by atoms with van der Waals surface area (Å²) in [5, 5.41) is 3.58. The molecule has 0 heterocycles. The lowest BCUT2D eigenvalue weighted by Crippen LogP contribution is -2.25. The molecule has 0 amide bonds. The molecule has 2 aromatic carbocycles. The standard InChI is InChI=1S/C18H21BrFN/c1-3-9-21-18(11-14-5-4-6-16(20)10-14)17-12-15(19)8-7-13(17)2/h4-8,10,12,18,21H,3,9,11H2,1-2H3. The van der Waals surface area contributed by atoms with E-state index in [9.17, 15) is 4.39 Å². The van der Waals surface area contributed by atoms with Gasteiger partial charge in [0.2, 0.25) is 0 Å². The molecule has 0 bridgehead atoms. The molecule has 1 unspecified atom stereocenters. The number of nitrogens with one attached hydrogen (secondary N) is 1. The Kier molecular flexibility index (Phi) is 5.95. The van der Waals surface area contributed by atoms with E-state index in [2.05, 4.69) is 53.3 Å². The van der Waals surface area contributed by atoms with Crippen molar-refractivity contribution < 1.29 is 4.39 Å². The van der Waals surface area contributed by atoms with Crippen molar-refractivity contribution in [1.82, 2.24) is 5.32 Å². The fourth-order valence-electron chi connectivity index (χ4n) is 2.50. The van der Waals surface area contributed by atoms with Gasteiger partial charge in [0, 0.05) is 10.5 Å². The molecule has 0 aliphatic rings. The van der Waals surface area contributed by atoms with Crippen molar-refractivity contribution in [2.75, 3.05) is 6.54 Å². The summed E-state index contributed by atoms with van der Waals surface area (Å²) in [5.74, 6) is -0.173. The van der Waals surface area contributed by atoms with Crippen molar-refractivity contribution in [3.05, 3.63) is 69.4 Å². The highest BCUT2D eigenvalue weighted by Crippen LogP contribution is 2.25. The molecule has 2 aromatic rings. The van der Waals surface area contributed by atoms with Crippen molar-refractivity contribution in [3.8, 4) is 0 Å². The molecule has 21 heavy (non-hydrogen) atoms. The zero-order valence-corrected chi connectivity index (χ0v) is 14.1. The molecule has 0 aliphatic carbocycles. The number of benzene rings is 2. The molecule has 112 valence electrons. The van der Waals surface area contributed by atoms with Crippen LogP contribution in [0.1, 0.15) is 36.1 Å². The second kappa shape index (κ2) is 7.71. The molecule has 0 aromatic heterocycles. The lowest BCUT2D eigenvalue weighted by molar-refractivity contribution is 0.525. The van der Waals surface area contributed by atoms with Gasteiger partial charge in [-0.15, -0.1) is 0 Å². The Hall–Kier alpha value is -1.19. The zero-order valence-electron chi connectivity index (χ0n) is 12.5. The maximum atomic E-state index is 13.4. The van der Waals surface area contributed by atoms with Gasteiger partial charge in [-0.3, -0.25) is 0 Å². The Bertz CT molecular complexity index is 598. The first-order valence-electron chi connectivity index (χ1n) is 7.34. The molecule has 1 N–H and O–H groups in total. The summed E-state index contributed by atoms with van der Waals surface area (Å²) in [7, 11) is 0. The molecule has 0 radical (unpaired) electrons. The molecule has 0 aliphatic heterocycles. The van der Waals surface area contributed by atoms with E-state index in [4.69, 9.17) is 0 Å². The third-order valence-corrected chi connectivity index (χ3v) is 4.08. The summed E-state index contributed by atoms with van der Waals surface area (Å²) >= 11 is 3.54. The average Bonchev–Trinajstić information content (AvgIpc) is 2.46. The Morgan fingerprint density at radius 1 is 1.19 bits per heavy atom. The van der Waals surface area contributed by atoms with Gasteiger partial charge in [-0.1, -0.05) is 41.1 Å². The smallest absolute Gasteiger partial charge is 0.123 e. The van der Waals surface area contributed by atoms with Crippen molar-refractivity contribution in [1.29, 1.82) is 0 Å². The number of hydrogen-bond acceptors (Lipinski definition) is 1. The van der Waals surface area contributed by atoms with Crippen molar-refractivity contribution in [2.45, 2.75) is 32.7 Å². The maximum Gasteiger partial charge on any atom is 0.123 e. The Labute approximate surface area is 134 Å². The van der Waals surface area contributed by atoms with E-state index in [1.54, 1.807) is 12.1 Å². The molecule has 0 fully saturated rings. The summed E-state index contributed by atoms with van der Waals surface area (Å²) in [5.41, 5.74) is 3.54. The third kappa shape index (κ3) is 4.65. The van der Waals surface area contributed by atoms with Crippen LogP contribution in [0, 0.1) is 12.7 Å². The SMILES string of the molecule is CCCNC(Cc1cccc(F)c1)c1cc(Br)ccc1C. The molecular formula is C18H21BrFN. The van der Waals surface area contributed by atoms with Crippen LogP contribution >= 0.6 is 15.9 Å². The van der Waals surface area contributed by atoms with E-state index >= 15 is 0 Å². The van der Waals surface area contributed by atoms with Gasteiger partial charge in [0.05, 0.1) is 0 Å². The lowest BCUT2D eigenvalue weighted by atomic mass is 9.95. The van der Waals surface area contributed by atoms with E-state index in [1.807, 2.05) is 6.07 Å². The summed E-state index contributed by atoms with van der Waals surface area (Å²) < 4.78 is 14.5. The molecule has 0 saturated carbocycles. The largest absolute Gasteiger partial charge is 0.310 e. The number of rotatable bonds is 6. The van der Waals surface area contributed by atoms with Gasteiger partial charge in [-0.2, -0.15) is 0 Å². The molecule has 0 spiro atoms. The van der Waals surface area contributed by atoms with Crippen molar-refractivity contribution in [2.24, 2.45) is 0 Å². The minimum Gasteiger partial charge on any atom is -0.310 e. The van der Waals surface area contributed by atoms with Crippen LogP contribution in [0.15, 0.2) is 46.9 Å². The minimum absolute atomic E-state index is 0.173. The van der Waals surface area contributed by atoms with Gasteiger partial charge in [0.25, 0.3) is 0 Å². The number of hydrogen-bond donors (Lipinski definition) is 1. The Morgan fingerprint density at radius 2 is 2.00 bits per heavy atom. The maximum absolute atomic E-state index is 13.4. The van der Waals surface area contributed by atoms with Crippen LogP contribution in [-0.2, 0) is 6.42 Å². The van der Waals surface area contributed by atoms with E-state index in [1.165, 1.54) is 17.2 Å². The van der Waals surface area contributed by atoms with Gasteiger partial charge in [0.15, 0.2) is 0 Å². The van der Waals surface area contributed by atoms with Crippen LogP contribution in [-0.4, -0.2) is 6.54 Å². The molecule has 1 atom stereocenters. The van der Waals surface area contributed by atoms with Gasteiger partial charge in [-0.25, -0.2) is 4.39 Å². The van der Waals surface area contributed by atoms with Crippen LogP contribution in [0.25, 0.3) is 0 Å². The second-order valence-electron chi connectivity index (χ2n) is 5.34. The Balaban J connectivity index is 2.27. The topological polar surface area (TPSA) is 12.0 Å². The molecular weight excluding hydrogens is 329 g/mol. The molecule has 2 rings (SSSR count). The van der Waals surface area contributed by atoms with Gasteiger partial charge < -0.3 is 5.32 Å². The van der Waals surface area contributed by atoms with E-state index in [-0.39, 0.29) is 11.9 Å². The van der Waals surface area contributed by atoms with Gasteiger partial charge >= 0.3 is 0 Å². The van der Waals surface area contributed by atoms with Crippen molar-refractivity contribution >= 4 is 15.9 Å². The van der Waals surface area contributed by atoms with E-state index in [0.717, 1.165) is 29.4 Å². The first-order chi connectivity index (χ1) is 10.1. The van der Waals surface area contributed by atoms with E-state index in [0.29, 0.717) is 0 Å². The lowest BCUT2D eigenvalue weighted by Gasteiger charge is -2.21. The van der Waals surface area contributed by atoms with Crippen LogP contribution < -0.4 is 5.32 Å². The summed E-state index contributed by atoms with van der Waals surface area (Å²) in [6.07, 6.45) is 1.86. The highest BCUT2D eigenvalue weighted by molar-refractivity contribution is 9.10. The van der Waals surface area contributed by atoms with Gasteiger partial charge in [-0.05, 0) is 67.3 Å². The predicted molar refractivity (Wildman–Crippen MR) is 90.0 cm³/mol. The van der Waals surface area contributed by atoms with Crippen LogP contribution in [0.5, 0.6) is 0 Å². The normalized spacial score (nSPS) is 12.4. The zero-order chi connectivity index (χ0) is 15.2. The highest BCUT2D eigenvalue weighted by Gasteiger charge is 2.14.